The van der Waals surface area contributed by atoms with Crippen LogP contribution in [0.3, 0.4) is 0 Å². The largest absolute Gasteiger partial charge is 0.351 e. The molecule has 0 amide bonds. The normalized spacial score (nSPS) is 11.5. The molecule has 2 aromatic heterocycles. The lowest BCUT2D eigenvalue weighted by molar-refractivity contribution is -0.142. The van der Waals surface area contributed by atoms with Gasteiger partial charge in [-0.15, -0.1) is 0 Å². The van der Waals surface area contributed by atoms with E-state index in [9.17, 15) is 0 Å². The quantitative estimate of drug-likeness (QED) is 0.513. The molecule has 2 aromatic rings. The fourth-order valence-electron chi connectivity index (χ4n) is 1.59. The fourth-order valence-corrected chi connectivity index (χ4v) is 2.12. The van der Waals surface area contributed by atoms with Gasteiger partial charge in [-0.2, -0.15) is 0 Å². The first-order valence-corrected chi connectivity index (χ1v) is 6.56. The molecule has 0 fully saturated rings. The number of fused-ring (bicyclic) bond motifs is 1. The van der Waals surface area contributed by atoms with E-state index in [1.54, 1.807) is 6.33 Å². The Morgan fingerprint density at radius 3 is 2.59 bits per heavy atom. The van der Waals surface area contributed by atoms with E-state index in [-0.39, 0.29) is 6.29 Å². The van der Waals surface area contributed by atoms with Crippen LogP contribution in [0.4, 0.5) is 0 Å². The number of halogens is 1. The highest BCUT2D eigenvalue weighted by Crippen LogP contribution is 2.24. The van der Waals surface area contributed by atoms with Crippen molar-refractivity contribution in [3.8, 4) is 0 Å². The first-order valence-electron chi connectivity index (χ1n) is 5.48. The molecule has 0 aliphatic rings. The van der Waals surface area contributed by atoms with Crippen LogP contribution in [0, 0.1) is 3.70 Å². The Hall–Kier alpha value is -0.730. The minimum absolute atomic E-state index is 0.366. The highest BCUT2D eigenvalue weighted by atomic mass is 127. The Balaban J connectivity index is 2.36. The molecule has 1 N–H and O–H groups in total. The Kier molecular flexibility index (Phi) is 4.30. The SMILES string of the molecule is CCOC(OCC)c1cc2ncnc(I)c2[nH]1. The van der Waals surface area contributed by atoms with Gasteiger partial charge in [-0.1, -0.05) is 0 Å². The second-order valence-corrected chi connectivity index (χ2v) is 4.41. The van der Waals surface area contributed by atoms with Gasteiger partial charge < -0.3 is 14.5 Å². The van der Waals surface area contributed by atoms with Crippen molar-refractivity contribution in [2.75, 3.05) is 13.2 Å². The van der Waals surface area contributed by atoms with Gasteiger partial charge in [-0.05, 0) is 42.5 Å². The maximum absolute atomic E-state index is 5.53. The third-order valence-electron chi connectivity index (χ3n) is 2.28. The summed E-state index contributed by atoms with van der Waals surface area (Å²) in [5.74, 6) is 0. The molecular formula is C11H14IN3O2. The van der Waals surface area contributed by atoms with Crippen LogP contribution in [0.25, 0.3) is 11.0 Å². The number of rotatable bonds is 5. The van der Waals surface area contributed by atoms with E-state index in [4.69, 9.17) is 9.47 Å². The summed E-state index contributed by atoms with van der Waals surface area (Å²) in [6, 6.07) is 1.94. The van der Waals surface area contributed by atoms with Crippen molar-refractivity contribution in [3.05, 3.63) is 21.8 Å². The number of aromatic nitrogens is 3. The van der Waals surface area contributed by atoms with Gasteiger partial charge in [0.25, 0.3) is 0 Å². The Bertz CT molecular complexity index is 494. The van der Waals surface area contributed by atoms with Crippen molar-refractivity contribution in [2.45, 2.75) is 20.1 Å². The van der Waals surface area contributed by atoms with Gasteiger partial charge in [0.05, 0.1) is 16.7 Å². The number of ether oxygens (including phenoxy) is 2. The minimum Gasteiger partial charge on any atom is -0.351 e. The molecule has 5 nitrogen and oxygen atoms in total. The molecule has 0 unspecified atom stereocenters. The van der Waals surface area contributed by atoms with E-state index >= 15 is 0 Å². The summed E-state index contributed by atoms with van der Waals surface area (Å²) in [5.41, 5.74) is 2.68. The maximum Gasteiger partial charge on any atom is 0.198 e. The average Bonchev–Trinajstić information content (AvgIpc) is 2.74. The summed E-state index contributed by atoms with van der Waals surface area (Å²) in [5, 5.41) is 0. The van der Waals surface area contributed by atoms with E-state index in [1.807, 2.05) is 19.9 Å². The van der Waals surface area contributed by atoms with Gasteiger partial charge >= 0.3 is 0 Å². The van der Waals surface area contributed by atoms with Crippen molar-refractivity contribution in [1.82, 2.24) is 15.0 Å². The number of aromatic amines is 1. The molecule has 17 heavy (non-hydrogen) atoms. The van der Waals surface area contributed by atoms with Crippen LogP contribution in [0.1, 0.15) is 25.8 Å². The molecule has 0 atom stereocenters. The minimum atomic E-state index is -0.366. The summed E-state index contributed by atoms with van der Waals surface area (Å²) in [6.45, 7) is 5.09. The molecule has 0 radical (unpaired) electrons. The molecule has 0 aliphatic carbocycles. The van der Waals surface area contributed by atoms with Crippen LogP contribution < -0.4 is 0 Å². The summed E-state index contributed by atoms with van der Waals surface area (Å²) >= 11 is 2.17. The van der Waals surface area contributed by atoms with Gasteiger partial charge in [-0.25, -0.2) is 9.97 Å². The maximum atomic E-state index is 5.53. The van der Waals surface area contributed by atoms with Crippen LogP contribution in [0.2, 0.25) is 0 Å². The number of hydrogen-bond donors (Lipinski definition) is 1. The van der Waals surface area contributed by atoms with Crippen molar-refractivity contribution in [1.29, 1.82) is 0 Å². The molecule has 0 saturated heterocycles. The third kappa shape index (κ3) is 2.75. The highest BCUT2D eigenvalue weighted by Gasteiger charge is 2.15. The molecule has 0 spiro atoms. The summed E-state index contributed by atoms with van der Waals surface area (Å²) in [4.78, 5) is 11.6. The first-order chi connectivity index (χ1) is 8.26. The Morgan fingerprint density at radius 1 is 1.29 bits per heavy atom. The predicted octanol–water partition coefficient (Wildman–Crippen LogP) is 2.63. The molecule has 2 heterocycles. The topological polar surface area (TPSA) is 60.0 Å². The summed E-state index contributed by atoms with van der Waals surface area (Å²) < 4.78 is 12.0. The van der Waals surface area contributed by atoms with Crippen LogP contribution in [-0.4, -0.2) is 28.2 Å². The van der Waals surface area contributed by atoms with Crippen molar-refractivity contribution in [2.24, 2.45) is 0 Å². The Labute approximate surface area is 113 Å². The van der Waals surface area contributed by atoms with Crippen LogP contribution >= 0.6 is 22.6 Å². The van der Waals surface area contributed by atoms with Crippen LogP contribution in [-0.2, 0) is 9.47 Å². The average molecular weight is 347 g/mol. The first kappa shape index (κ1) is 12.7. The lowest BCUT2D eigenvalue weighted by Crippen LogP contribution is -2.09. The second-order valence-electron chi connectivity index (χ2n) is 3.39. The zero-order valence-corrected chi connectivity index (χ0v) is 11.9. The molecule has 0 aromatic carbocycles. The molecule has 2 rings (SSSR count). The Morgan fingerprint density at radius 2 is 2.00 bits per heavy atom. The number of hydrogen-bond acceptors (Lipinski definition) is 4. The van der Waals surface area contributed by atoms with Gasteiger partial charge in [0, 0.05) is 13.2 Å². The van der Waals surface area contributed by atoms with Gasteiger partial charge in [-0.3, -0.25) is 0 Å². The number of H-pyrrole nitrogens is 1. The number of nitrogens with zero attached hydrogens (tertiary/aromatic N) is 2. The molecular weight excluding hydrogens is 333 g/mol. The zero-order valence-electron chi connectivity index (χ0n) is 9.74. The van der Waals surface area contributed by atoms with Gasteiger partial charge in [0.15, 0.2) is 6.29 Å². The van der Waals surface area contributed by atoms with Crippen molar-refractivity contribution in [3.63, 3.8) is 0 Å². The van der Waals surface area contributed by atoms with Crippen LogP contribution in [0.15, 0.2) is 12.4 Å². The van der Waals surface area contributed by atoms with E-state index in [0.717, 1.165) is 20.4 Å². The van der Waals surface area contributed by atoms with Gasteiger partial charge in [0.1, 0.15) is 10.0 Å². The highest BCUT2D eigenvalue weighted by molar-refractivity contribution is 14.1. The number of nitrogens with one attached hydrogen (secondary N) is 1. The van der Waals surface area contributed by atoms with E-state index in [2.05, 4.69) is 37.5 Å². The monoisotopic (exact) mass is 347 g/mol. The van der Waals surface area contributed by atoms with E-state index < -0.39 is 0 Å². The van der Waals surface area contributed by atoms with E-state index in [1.165, 1.54) is 0 Å². The van der Waals surface area contributed by atoms with Gasteiger partial charge in [0.2, 0.25) is 0 Å². The molecule has 6 heteroatoms. The van der Waals surface area contributed by atoms with Crippen molar-refractivity contribution >= 4 is 33.6 Å². The smallest absolute Gasteiger partial charge is 0.198 e. The lowest BCUT2D eigenvalue weighted by Gasteiger charge is -2.14. The van der Waals surface area contributed by atoms with Crippen LogP contribution in [0.5, 0.6) is 0 Å². The summed E-state index contributed by atoms with van der Waals surface area (Å²) in [6.07, 6.45) is 1.19. The second kappa shape index (κ2) is 5.74. The van der Waals surface area contributed by atoms with E-state index in [0.29, 0.717) is 13.2 Å². The standard InChI is InChI=1S/C11H14IN3O2/c1-3-16-11(17-4-2)8-5-7-9(15-8)10(12)14-6-13-7/h5-6,11,15H,3-4H2,1-2H3. The molecule has 0 saturated carbocycles. The summed E-state index contributed by atoms with van der Waals surface area (Å²) in [7, 11) is 0. The lowest BCUT2D eigenvalue weighted by atomic mass is 10.4. The molecule has 92 valence electrons. The third-order valence-corrected chi connectivity index (χ3v) is 3.10. The predicted molar refractivity (Wildman–Crippen MR) is 72.6 cm³/mol. The fraction of sp³-hybridized carbons (Fsp3) is 0.455. The zero-order chi connectivity index (χ0) is 12.3. The van der Waals surface area contributed by atoms with Crippen molar-refractivity contribution < 1.29 is 9.47 Å². The molecule has 0 bridgehead atoms. The molecule has 0 aliphatic heterocycles.